The monoisotopic (exact) mass is 357 g/mol. The molecule has 2 N–H and O–H groups in total. The molecule has 0 spiro atoms. The number of carbonyl (C=O) groups excluding carboxylic acids is 1. The second-order valence-electron chi connectivity index (χ2n) is 4.52. The van der Waals surface area contributed by atoms with Crippen LogP contribution >= 0.6 is 35.0 Å². The van der Waals surface area contributed by atoms with Gasteiger partial charge in [-0.15, -0.1) is 0 Å². The molecule has 22 heavy (non-hydrogen) atoms. The van der Waals surface area contributed by atoms with Crippen molar-refractivity contribution in [2.24, 2.45) is 0 Å². The van der Waals surface area contributed by atoms with Crippen LogP contribution in [0.5, 0.6) is 0 Å². The Morgan fingerprint density at radius 1 is 1.36 bits per heavy atom. The molecule has 1 heterocycles. The topological polar surface area (TPSA) is 74.8 Å². The van der Waals surface area contributed by atoms with E-state index in [1.807, 2.05) is 0 Å². The number of carbonyl (C=O) groups is 1. The summed E-state index contributed by atoms with van der Waals surface area (Å²) in [4.78, 5) is 30.4. The van der Waals surface area contributed by atoms with Crippen LogP contribution in [0.1, 0.15) is 11.3 Å². The van der Waals surface area contributed by atoms with Gasteiger partial charge in [0.25, 0.3) is 5.56 Å². The lowest BCUT2D eigenvalue weighted by Crippen LogP contribution is -2.17. The molecule has 1 amide bonds. The number of aryl methyl sites for hydroxylation is 1. The van der Waals surface area contributed by atoms with Crippen LogP contribution in [0.15, 0.2) is 28.2 Å². The fourth-order valence-electron chi connectivity index (χ4n) is 1.61. The summed E-state index contributed by atoms with van der Waals surface area (Å²) in [5, 5.41) is 3.73. The van der Waals surface area contributed by atoms with Gasteiger partial charge in [0.1, 0.15) is 0 Å². The van der Waals surface area contributed by atoms with E-state index >= 15 is 0 Å². The molecule has 1 aromatic carbocycles. The Balaban J connectivity index is 2.02. The van der Waals surface area contributed by atoms with Gasteiger partial charge in [0.2, 0.25) is 5.91 Å². The summed E-state index contributed by atoms with van der Waals surface area (Å²) < 4.78 is 0. The van der Waals surface area contributed by atoms with Crippen molar-refractivity contribution in [1.29, 1.82) is 0 Å². The van der Waals surface area contributed by atoms with Gasteiger partial charge >= 0.3 is 0 Å². The molecule has 5 nitrogen and oxygen atoms in total. The van der Waals surface area contributed by atoms with E-state index in [2.05, 4.69) is 15.3 Å². The maximum atomic E-state index is 11.9. The number of rotatable bonds is 4. The number of nitrogens with zero attached hydrogens (tertiary/aromatic N) is 1. The van der Waals surface area contributed by atoms with E-state index in [-0.39, 0.29) is 17.2 Å². The van der Waals surface area contributed by atoms with E-state index in [1.165, 1.54) is 0 Å². The molecule has 2 aromatic rings. The molecule has 0 bridgehead atoms. The number of aromatic nitrogens is 2. The number of halogens is 2. The first-order chi connectivity index (χ1) is 10.4. The molecule has 8 heteroatoms. The number of amides is 1. The minimum absolute atomic E-state index is 0.0916. The number of thioether (sulfide) groups is 1. The van der Waals surface area contributed by atoms with E-state index in [0.29, 0.717) is 32.1 Å². The van der Waals surface area contributed by atoms with Gasteiger partial charge in [-0.1, -0.05) is 41.0 Å². The Labute approximate surface area is 141 Å². The highest BCUT2D eigenvalue weighted by molar-refractivity contribution is 7.99. The molecule has 0 fully saturated rings. The average molecular weight is 358 g/mol. The molecule has 0 unspecified atom stereocenters. The summed E-state index contributed by atoms with van der Waals surface area (Å²) >= 11 is 13.0. The van der Waals surface area contributed by atoms with Gasteiger partial charge in [0.05, 0.1) is 21.5 Å². The van der Waals surface area contributed by atoms with Crippen molar-refractivity contribution in [3.8, 4) is 0 Å². The van der Waals surface area contributed by atoms with Crippen LogP contribution in [0.2, 0.25) is 10.0 Å². The maximum Gasteiger partial charge on any atom is 0.254 e. The zero-order chi connectivity index (χ0) is 16.3. The summed E-state index contributed by atoms with van der Waals surface area (Å²) in [5.74, 6) is -0.177. The third kappa shape index (κ3) is 4.03. The highest BCUT2D eigenvalue weighted by Gasteiger charge is 2.10. The molecule has 0 aliphatic carbocycles. The smallest absolute Gasteiger partial charge is 0.254 e. The van der Waals surface area contributed by atoms with Crippen molar-refractivity contribution in [1.82, 2.24) is 9.97 Å². The van der Waals surface area contributed by atoms with Crippen molar-refractivity contribution in [3.05, 3.63) is 49.9 Å². The van der Waals surface area contributed by atoms with Crippen LogP contribution in [-0.4, -0.2) is 21.6 Å². The van der Waals surface area contributed by atoms with E-state index in [0.717, 1.165) is 11.8 Å². The lowest BCUT2D eigenvalue weighted by molar-refractivity contribution is -0.113. The number of aromatic amines is 1. The molecule has 0 saturated carbocycles. The SMILES string of the molecule is Cc1nc(SCC(=O)Nc2cccc(Cl)c2Cl)[nH]c(=O)c1C. The third-order valence-electron chi connectivity index (χ3n) is 2.94. The van der Waals surface area contributed by atoms with Crippen LogP contribution in [0.3, 0.4) is 0 Å². The first-order valence-electron chi connectivity index (χ1n) is 6.32. The van der Waals surface area contributed by atoms with Crippen LogP contribution in [0, 0.1) is 13.8 Å². The van der Waals surface area contributed by atoms with Gasteiger partial charge in [0.15, 0.2) is 5.16 Å². The largest absolute Gasteiger partial charge is 0.324 e. The molecule has 116 valence electrons. The Morgan fingerprint density at radius 3 is 2.77 bits per heavy atom. The molecule has 0 aliphatic heterocycles. The van der Waals surface area contributed by atoms with Crippen molar-refractivity contribution < 1.29 is 4.79 Å². The Morgan fingerprint density at radius 2 is 2.09 bits per heavy atom. The van der Waals surface area contributed by atoms with Crippen molar-refractivity contribution in [3.63, 3.8) is 0 Å². The zero-order valence-corrected chi connectivity index (χ0v) is 14.2. The minimum atomic E-state index is -0.268. The molecule has 2 rings (SSSR count). The number of benzene rings is 1. The first-order valence-corrected chi connectivity index (χ1v) is 8.07. The van der Waals surface area contributed by atoms with E-state index in [1.54, 1.807) is 32.0 Å². The van der Waals surface area contributed by atoms with Crippen LogP contribution in [-0.2, 0) is 4.79 Å². The maximum absolute atomic E-state index is 11.9. The van der Waals surface area contributed by atoms with E-state index in [9.17, 15) is 9.59 Å². The van der Waals surface area contributed by atoms with Gasteiger partial charge < -0.3 is 10.3 Å². The molecule has 0 atom stereocenters. The molecule has 0 aliphatic rings. The van der Waals surface area contributed by atoms with Crippen molar-refractivity contribution in [2.45, 2.75) is 19.0 Å². The van der Waals surface area contributed by atoms with Crippen LogP contribution < -0.4 is 10.9 Å². The fraction of sp³-hybridized carbons (Fsp3) is 0.214. The predicted octanol–water partition coefficient (Wildman–Crippen LogP) is 3.42. The number of hydrogen-bond acceptors (Lipinski definition) is 4. The first kappa shape index (κ1) is 16.9. The number of H-pyrrole nitrogens is 1. The van der Waals surface area contributed by atoms with E-state index in [4.69, 9.17) is 23.2 Å². The van der Waals surface area contributed by atoms with E-state index < -0.39 is 0 Å². The summed E-state index contributed by atoms with van der Waals surface area (Å²) in [5.41, 5.74) is 1.46. The molecular formula is C14H13Cl2N3O2S. The number of nitrogens with one attached hydrogen (secondary N) is 2. The highest BCUT2D eigenvalue weighted by Crippen LogP contribution is 2.29. The lowest BCUT2D eigenvalue weighted by atomic mass is 10.3. The highest BCUT2D eigenvalue weighted by atomic mass is 35.5. The van der Waals surface area contributed by atoms with Gasteiger partial charge in [-0.05, 0) is 26.0 Å². The second-order valence-corrected chi connectivity index (χ2v) is 6.27. The third-order valence-corrected chi connectivity index (χ3v) is 4.63. The summed E-state index contributed by atoms with van der Waals surface area (Å²) in [6.45, 7) is 3.45. The molecule has 1 aromatic heterocycles. The summed E-state index contributed by atoms with van der Waals surface area (Å²) in [6, 6.07) is 4.99. The van der Waals surface area contributed by atoms with Gasteiger partial charge in [0, 0.05) is 11.3 Å². The lowest BCUT2D eigenvalue weighted by Gasteiger charge is -2.08. The molecule has 0 saturated heterocycles. The minimum Gasteiger partial charge on any atom is -0.324 e. The van der Waals surface area contributed by atoms with Crippen molar-refractivity contribution >= 4 is 46.6 Å². The Bertz CT molecular complexity index is 777. The summed E-state index contributed by atoms with van der Waals surface area (Å²) in [6.07, 6.45) is 0. The standard InChI is InChI=1S/C14H13Cl2N3O2S/c1-7-8(2)17-14(19-13(7)21)22-6-11(20)18-10-5-3-4-9(15)12(10)16/h3-5H,6H2,1-2H3,(H,18,20)(H,17,19,21). The molecule has 0 radical (unpaired) electrons. The normalized spacial score (nSPS) is 10.5. The van der Waals surface area contributed by atoms with Gasteiger partial charge in [-0.25, -0.2) is 4.98 Å². The number of hydrogen-bond donors (Lipinski definition) is 2. The zero-order valence-electron chi connectivity index (χ0n) is 11.9. The summed E-state index contributed by atoms with van der Waals surface area (Å²) in [7, 11) is 0. The second kappa shape index (κ2) is 7.17. The Hall–Kier alpha value is -1.50. The number of anilines is 1. The fourth-order valence-corrected chi connectivity index (χ4v) is 2.66. The Kier molecular flexibility index (Phi) is 5.50. The van der Waals surface area contributed by atoms with Crippen molar-refractivity contribution in [2.75, 3.05) is 11.1 Å². The molecular weight excluding hydrogens is 345 g/mol. The predicted molar refractivity (Wildman–Crippen MR) is 90.1 cm³/mol. The van der Waals surface area contributed by atoms with Crippen LogP contribution in [0.25, 0.3) is 0 Å². The van der Waals surface area contributed by atoms with Gasteiger partial charge in [-0.3, -0.25) is 9.59 Å². The van der Waals surface area contributed by atoms with Crippen LogP contribution in [0.4, 0.5) is 5.69 Å². The quantitative estimate of drug-likeness (QED) is 0.649. The average Bonchev–Trinajstić information content (AvgIpc) is 2.47. The van der Waals surface area contributed by atoms with Gasteiger partial charge in [-0.2, -0.15) is 0 Å².